The van der Waals surface area contributed by atoms with Crippen LogP contribution in [0.3, 0.4) is 0 Å². The number of rotatable bonds is 3. The van der Waals surface area contributed by atoms with E-state index < -0.39 is 0 Å². The van der Waals surface area contributed by atoms with Gasteiger partial charge in [0.15, 0.2) is 0 Å². The normalized spacial score (nSPS) is 10.4. The van der Waals surface area contributed by atoms with Crippen LogP contribution in [0.1, 0.15) is 5.56 Å². The molecule has 5 heteroatoms. The van der Waals surface area contributed by atoms with Crippen LogP contribution in [0.15, 0.2) is 45.3 Å². The summed E-state index contributed by atoms with van der Waals surface area (Å²) in [6.45, 7) is 0.692. The Kier molecular flexibility index (Phi) is 4.96. The fourth-order valence-electron chi connectivity index (χ4n) is 1.51. The minimum Gasteiger partial charge on any atom is -0.380 e. The quantitative estimate of drug-likeness (QED) is 0.601. The van der Waals surface area contributed by atoms with Gasteiger partial charge in [0.1, 0.15) is 0 Å². The lowest BCUT2D eigenvalue weighted by Crippen LogP contribution is -2.00. The van der Waals surface area contributed by atoms with Gasteiger partial charge < -0.3 is 5.32 Å². The Morgan fingerprint density at radius 3 is 2.50 bits per heavy atom. The summed E-state index contributed by atoms with van der Waals surface area (Å²) < 4.78 is 1.85. The molecule has 18 heavy (non-hydrogen) atoms. The van der Waals surface area contributed by atoms with Crippen LogP contribution >= 0.6 is 55.1 Å². The van der Waals surface area contributed by atoms with Crippen molar-refractivity contribution in [1.29, 1.82) is 0 Å². The molecular formula is C13H9Br2Cl2N. The van der Waals surface area contributed by atoms with Crippen LogP contribution in [-0.2, 0) is 6.54 Å². The number of benzene rings is 2. The molecule has 0 atom stereocenters. The van der Waals surface area contributed by atoms with Crippen molar-refractivity contribution >= 4 is 60.7 Å². The van der Waals surface area contributed by atoms with E-state index >= 15 is 0 Å². The summed E-state index contributed by atoms with van der Waals surface area (Å²) in [7, 11) is 0. The third kappa shape index (κ3) is 3.41. The van der Waals surface area contributed by atoms with E-state index in [1.807, 2.05) is 30.3 Å². The molecule has 0 aromatic heterocycles. The smallest absolute Gasteiger partial charge is 0.0835 e. The molecule has 0 aliphatic carbocycles. The second kappa shape index (κ2) is 6.29. The van der Waals surface area contributed by atoms with E-state index in [4.69, 9.17) is 23.2 Å². The van der Waals surface area contributed by atoms with Crippen LogP contribution in [0.2, 0.25) is 10.0 Å². The van der Waals surface area contributed by atoms with Crippen molar-refractivity contribution in [3.8, 4) is 0 Å². The molecule has 1 nitrogen and oxygen atoms in total. The monoisotopic (exact) mass is 407 g/mol. The van der Waals surface area contributed by atoms with Gasteiger partial charge in [-0.05, 0) is 45.8 Å². The zero-order valence-electron chi connectivity index (χ0n) is 9.18. The summed E-state index contributed by atoms with van der Waals surface area (Å²) in [5.74, 6) is 0. The van der Waals surface area contributed by atoms with Gasteiger partial charge in [-0.15, -0.1) is 0 Å². The number of hydrogen-bond donors (Lipinski definition) is 1. The average molecular weight is 410 g/mol. The molecule has 0 saturated carbocycles. The van der Waals surface area contributed by atoms with Crippen molar-refractivity contribution in [2.24, 2.45) is 0 Å². The highest BCUT2D eigenvalue weighted by Gasteiger charge is 2.07. The zero-order chi connectivity index (χ0) is 13.1. The molecule has 2 aromatic carbocycles. The highest BCUT2D eigenvalue weighted by Crippen LogP contribution is 2.35. The lowest BCUT2D eigenvalue weighted by atomic mass is 10.2. The standard InChI is InChI=1S/C13H9Br2Cl2N/c14-9-3-1-2-8(6-9)7-18-11-5-4-10(15)12(16)13(11)17/h1-6,18H,7H2. The molecule has 0 spiro atoms. The molecule has 0 amide bonds. The minimum absolute atomic E-state index is 0.524. The third-order valence-corrected chi connectivity index (χ3v) is 4.67. The molecule has 0 aliphatic rings. The van der Waals surface area contributed by atoms with E-state index in [1.54, 1.807) is 0 Å². The lowest BCUT2D eigenvalue weighted by Gasteiger charge is -2.10. The van der Waals surface area contributed by atoms with E-state index in [-0.39, 0.29) is 0 Å². The second-order valence-electron chi connectivity index (χ2n) is 3.71. The maximum Gasteiger partial charge on any atom is 0.0835 e. The predicted molar refractivity (Wildman–Crippen MR) is 85.6 cm³/mol. The molecule has 94 valence electrons. The molecule has 0 heterocycles. The summed E-state index contributed by atoms with van der Waals surface area (Å²) in [6.07, 6.45) is 0. The summed E-state index contributed by atoms with van der Waals surface area (Å²) in [4.78, 5) is 0. The number of nitrogens with one attached hydrogen (secondary N) is 1. The van der Waals surface area contributed by atoms with Crippen LogP contribution in [0.5, 0.6) is 0 Å². The van der Waals surface area contributed by atoms with Crippen molar-refractivity contribution in [1.82, 2.24) is 0 Å². The predicted octanol–water partition coefficient (Wildman–Crippen LogP) is 6.13. The first kappa shape index (κ1) is 14.2. The Morgan fingerprint density at radius 2 is 1.78 bits per heavy atom. The Hall–Kier alpha value is -0.220. The SMILES string of the molecule is Clc1c(Br)ccc(NCc2cccc(Br)c2)c1Cl. The minimum atomic E-state index is 0.524. The van der Waals surface area contributed by atoms with Crippen LogP contribution < -0.4 is 5.32 Å². The lowest BCUT2D eigenvalue weighted by molar-refractivity contribution is 1.15. The van der Waals surface area contributed by atoms with Gasteiger partial charge in [0.2, 0.25) is 0 Å². The summed E-state index contributed by atoms with van der Waals surface area (Å²) in [5, 5.41) is 4.32. The Morgan fingerprint density at radius 1 is 1.00 bits per heavy atom. The summed E-state index contributed by atoms with van der Waals surface area (Å²) in [6, 6.07) is 11.9. The summed E-state index contributed by atoms with van der Waals surface area (Å²) in [5.41, 5.74) is 1.99. The van der Waals surface area contributed by atoms with E-state index in [1.165, 1.54) is 5.56 Å². The molecule has 0 bridgehead atoms. The first-order valence-corrected chi connectivity index (χ1v) is 7.54. The van der Waals surface area contributed by atoms with E-state index in [9.17, 15) is 0 Å². The van der Waals surface area contributed by atoms with Gasteiger partial charge in [-0.2, -0.15) is 0 Å². The number of halogens is 4. The van der Waals surface area contributed by atoms with E-state index in [0.29, 0.717) is 16.6 Å². The first-order chi connectivity index (χ1) is 8.58. The fourth-order valence-corrected chi connectivity index (χ4v) is 2.79. The van der Waals surface area contributed by atoms with Gasteiger partial charge in [0.25, 0.3) is 0 Å². The Bertz CT molecular complexity index is 573. The fraction of sp³-hybridized carbons (Fsp3) is 0.0769. The highest BCUT2D eigenvalue weighted by atomic mass is 79.9. The maximum absolute atomic E-state index is 6.16. The van der Waals surface area contributed by atoms with Crippen molar-refractivity contribution in [2.45, 2.75) is 6.54 Å². The molecule has 0 aliphatic heterocycles. The largest absolute Gasteiger partial charge is 0.380 e. The van der Waals surface area contributed by atoms with Crippen LogP contribution in [0.25, 0.3) is 0 Å². The topological polar surface area (TPSA) is 12.0 Å². The van der Waals surface area contributed by atoms with Gasteiger partial charge >= 0.3 is 0 Å². The van der Waals surface area contributed by atoms with Crippen molar-refractivity contribution in [3.63, 3.8) is 0 Å². The summed E-state index contributed by atoms with van der Waals surface area (Å²) >= 11 is 19.0. The highest BCUT2D eigenvalue weighted by molar-refractivity contribution is 9.10. The van der Waals surface area contributed by atoms with E-state index in [0.717, 1.165) is 14.6 Å². The van der Waals surface area contributed by atoms with E-state index in [2.05, 4.69) is 43.2 Å². The Balaban J connectivity index is 2.14. The van der Waals surface area contributed by atoms with Crippen LogP contribution in [0, 0.1) is 0 Å². The molecule has 0 radical (unpaired) electrons. The van der Waals surface area contributed by atoms with Gasteiger partial charge in [0.05, 0.1) is 15.7 Å². The van der Waals surface area contributed by atoms with Gasteiger partial charge in [-0.25, -0.2) is 0 Å². The second-order valence-corrected chi connectivity index (χ2v) is 6.23. The van der Waals surface area contributed by atoms with Crippen molar-refractivity contribution in [2.75, 3.05) is 5.32 Å². The molecule has 2 rings (SSSR count). The average Bonchev–Trinajstić information content (AvgIpc) is 2.35. The molecule has 2 aromatic rings. The molecule has 1 N–H and O–H groups in total. The number of anilines is 1. The zero-order valence-corrected chi connectivity index (χ0v) is 13.9. The molecule has 0 saturated heterocycles. The maximum atomic E-state index is 6.16. The molecular weight excluding hydrogens is 401 g/mol. The Labute approximate surface area is 133 Å². The van der Waals surface area contributed by atoms with Crippen LogP contribution in [0.4, 0.5) is 5.69 Å². The first-order valence-electron chi connectivity index (χ1n) is 5.20. The van der Waals surface area contributed by atoms with Gasteiger partial charge in [-0.1, -0.05) is 51.3 Å². The molecule has 0 unspecified atom stereocenters. The van der Waals surface area contributed by atoms with Crippen molar-refractivity contribution < 1.29 is 0 Å². The van der Waals surface area contributed by atoms with Gasteiger partial charge in [-0.3, -0.25) is 0 Å². The van der Waals surface area contributed by atoms with Gasteiger partial charge in [0, 0.05) is 15.5 Å². The number of hydrogen-bond acceptors (Lipinski definition) is 1. The van der Waals surface area contributed by atoms with Crippen molar-refractivity contribution in [3.05, 3.63) is 61.0 Å². The third-order valence-electron chi connectivity index (χ3n) is 2.41. The van der Waals surface area contributed by atoms with Crippen LogP contribution in [-0.4, -0.2) is 0 Å². The molecule has 0 fully saturated rings.